The maximum absolute atomic E-state index is 6.04. The number of benzene rings is 2. The van der Waals surface area contributed by atoms with Gasteiger partial charge in [0.15, 0.2) is 0 Å². The Kier molecular flexibility index (Phi) is 5.62. The molecule has 106 valence electrons. The van der Waals surface area contributed by atoms with Gasteiger partial charge in [0.2, 0.25) is 0 Å². The lowest BCUT2D eigenvalue weighted by Crippen LogP contribution is -2.14. The van der Waals surface area contributed by atoms with Gasteiger partial charge in [-0.1, -0.05) is 36.8 Å². The molecule has 2 aromatic rings. The van der Waals surface area contributed by atoms with Crippen molar-refractivity contribution in [1.29, 1.82) is 0 Å². The molecule has 2 nitrogen and oxygen atoms in total. The van der Waals surface area contributed by atoms with E-state index in [0.29, 0.717) is 0 Å². The maximum atomic E-state index is 6.04. The smallest absolute Gasteiger partial charge is 0.141 e. The van der Waals surface area contributed by atoms with Gasteiger partial charge in [0.1, 0.15) is 11.5 Å². The van der Waals surface area contributed by atoms with E-state index in [0.717, 1.165) is 35.5 Å². The van der Waals surface area contributed by atoms with E-state index in [1.807, 2.05) is 30.3 Å². The molecule has 0 amide bonds. The van der Waals surface area contributed by atoms with E-state index in [9.17, 15) is 0 Å². The number of hydrogen-bond donors (Lipinski definition) is 1. The molecule has 0 spiro atoms. The van der Waals surface area contributed by atoms with Crippen molar-refractivity contribution in [1.82, 2.24) is 5.32 Å². The molecule has 0 atom stereocenters. The topological polar surface area (TPSA) is 21.3 Å². The fraction of sp³-hybridized carbons (Fsp3) is 0.294. The minimum Gasteiger partial charge on any atom is -0.456 e. The van der Waals surface area contributed by atoms with E-state index in [1.165, 1.54) is 11.1 Å². The SMILES string of the molecule is CCCNCc1cc(C)ccc1Oc1ccccc1Br. The number of halogens is 1. The Morgan fingerprint density at radius 1 is 1.10 bits per heavy atom. The summed E-state index contributed by atoms with van der Waals surface area (Å²) in [7, 11) is 0. The summed E-state index contributed by atoms with van der Waals surface area (Å²) < 4.78 is 7.00. The first-order valence-electron chi connectivity index (χ1n) is 6.93. The summed E-state index contributed by atoms with van der Waals surface area (Å²) in [6, 6.07) is 14.2. The highest BCUT2D eigenvalue weighted by Crippen LogP contribution is 2.31. The second-order valence-electron chi connectivity index (χ2n) is 4.82. The molecule has 0 bridgehead atoms. The lowest BCUT2D eigenvalue weighted by molar-refractivity contribution is 0.469. The number of rotatable bonds is 6. The molecule has 0 saturated carbocycles. The number of aryl methyl sites for hydroxylation is 1. The van der Waals surface area contributed by atoms with Crippen LogP contribution in [-0.4, -0.2) is 6.54 Å². The third-order valence-corrected chi connectivity index (χ3v) is 3.67. The highest BCUT2D eigenvalue weighted by Gasteiger charge is 2.07. The molecule has 0 radical (unpaired) electrons. The second kappa shape index (κ2) is 7.46. The van der Waals surface area contributed by atoms with Crippen LogP contribution in [0.15, 0.2) is 46.9 Å². The van der Waals surface area contributed by atoms with Crippen molar-refractivity contribution < 1.29 is 4.74 Å². The van der Waals surface area contributed by atoms with E-state index in [2.05, 4.69) is 47.2 Å². The Morgan fingerprint density at radius 2 is 1.90 bits per heavy atom. The van der Waals surface area contributed by atoms with Crippen LogP contribution in [0, 0.1) is 6.92 Å². The molecule has 0 aliphatic rings. The quantitative estimate of drug-likeness (QED) is 0.747. The summed E-state index contributed by atoms with van der Waals surface area (Å²) in [6.45, 7) is 6.12. The Hall–Kier alpha value is -1.32. The van der Waals surface area contributed by atoms with Gasteiger partial charge >= 0.3 is 0 Å². The molecular weight excluding hydrogens is 314 g/mol. The summed E-state index contributed by atoms with van der Waals surface area (Å²) in [5.41, 5.74) is 2.44. The highest BCUT2D eigenvalue weighted by atomic mass is 79.9. The van der Waals surface area contributed by atoms with Crippen LogP contribution in [0.3, 0.4) is 0 Å². The lowest BCUT2D eigenvalue weighted by Gasteiger charge is -2.13. The van der Waals surface area contributed by atoms with Crippen molar-refractivity contribution in [2.45, 2.75) is 26.8 Å². The summed E-state index contributed by atoms with van der Waals surface area (Å²) >= 11 is 3.52. The third-order valence-electron chi connectivity index (χ3n) is 3.01. The number of nitrogens with one attached hydrogen (secondary N) is 1. The molecule has 0 aliphatic heterocycles. The molecule has 1 N–H and O–H groups in total. The Balaban J connectivity index is 2.20. The maximum Gasteiger partial charge on any atom is 0.141 e. The van der Waals surface area contributed by atoms with Crippen LogP contribution in [0.2, 0.25) is 0 Å². The van der Waals surface area contributed by atoms with E-state index in [-0.39, 0.29) is 0 Å². The van der Waals surface area contributed by atoms with E-state index < -0.39 is 0 Å². The van der Waals surface area contributed by atoms with Crippen LogP contribution in [0.25, 0.3) is 0 Å². The van der Waals surface area contributed by atoms with Gasteiger partial charge in [-0.15, -0.1) is 0 Å². The first kappa shape index (κ1) is 15.1. The average molecular weight is 334 g/mol. The first-order valence-corrected chi connectivity index (χ1v) is 7.72. The molecule has 0 saturated heterocycles. The minimum atomic E-state index is 0.829. The number of ether oxygens (including phenoxy) is 1. The van der Waals surface area contributed by atoms with Crippen LogP contribution in [0.1, 0.15) is 24.5 Å². The molecule has 0 heterocycles. The van der Waals surface area contributed by atoms with Crippen LogP contribution >= 0.6 is 15.9 Å². The van der Waals surface area contributed by atoms with E-state index >= 15 is 0 Å². The number of para-hydroxylation sites is 1. The van der Waals surface area contributed by atoms with Gasteiger partial charge in [-0.05, 0) is 54.0 Å². The largest absolute Gasteiger partial charge is 0.456 e. The second-order valence-corrected chi connectivity index (χ2v) is 5.67. The molecular formula is C17H20BrNO. The molecule has 0 unspecified atom stereocenters. The first-order chi connectivity index (χ1) is 9.70. The molecule has 20 heavy (non-hydrogen) atoms. The number of hydrogen-bond acceptors (Lipinski definition) is 2. The van der Waals surface area contributed by atoms with Crippen LogP contribution in [-0.2, 0) is 6.54 Å². The van der Waals surface area contributed by atoms with Crippen LogP contribution in [0.5, 0.6) is 11.5 Å². The average Bonchev–Trinajstić information content (AvgIpc) is 2.44. The van der Waals surface area contributed by atoms with Gasteiger partial charge in [-0.2, -0.15) is 0 Å². The summed E-state index contributed by atoms with van der Waals surface area (Å²) in [5, 5.41) is 3.43. The predicted octanol–water partition coefficient (Wildman–Crippen LogP) is 5.05. The summed E-state index contributed by atoms with van der Waals surface area (Å²) in [4.78, 5) is 0. The third kappa shape index (κ3) is 4.09. The van der Waals surface area contributed by atoms with Crippen molar-refractivity contribution in [3.8, 4) is 11.5 Å². The fourth-order valence-corrected chi connectivity index (χ4v) is 2.36. The van der Waals surface area contributed by atoms with Gasteiger partial charge in [0.05, 0.1) is 4.47 Å². The van der Waals surface area contributed by atoms with Gasteiger partial charge in [-0.3, -0.25) is 0 Å². The molecule has 3 heteroatoms. The van der Waals surface area contributed by atoms with Crippen molar-refractivity contribution in [3.63, 3.8) is 0 Å². The highest BCUT2D eigenvalue weighted by molar-refractivity contribution is 9.10. The predicted molar refractivity (Wildman–Crippen MR) is 87.4 cm³/mol. The Labute approximate surface area is 129 Å². The van der Waals surface area contributed by atoms with Gasteiger partial charge in [0.25, 0.3) is 0 Å². The zero-order valence-electron chi connectivity index (χ0n) is 11.9. The molecule has 0 fully saturated rings. The van der Waals surface area contributed by atoms with Gasteiger partial charge in [0, 0.05) is 12.1 Å². The monoisotopic (exact) mass is 333 g/mol. The van der Waals surface area contributed by atoms with Crippen molar-refractivity contribution >= 4 is 15.9 Å². The summed E-state index contributed by atoms with van der Waals surface area (Å²) in [5.74, 6) is 1.75. The summed E-state index contributed by atoms with van der Waals surface area (Å²) in [6.07, 6.45) is 1.13. The lowest BCUT2D eigenvalue weighted by atomic mass is 10.1. The molecule has 2 rings (SSSR count). The zero-order valence-corrected chi connectivity index (χ0v) is 13.5. The zero-order chi connectivity index (χ0) is 14.4. The van der Waals surface area contributed by atoms with Crippen LogP contribution in [0.4, 0.5) is 0 Å². The standard InChI is InChI=1S/C17H20BrNO/c1-3-10-19-12-14-11-13(2)8-9-16(14)20-17-7-5-4-6-15(17)18/h4-9,11,19H,3,10,12H2,1-2H3. The Morgan fingerprint density at radius 3 is 2.65 bits per heavy atom. The molecule has 0 aromatic heterocycles. The van der Waals surface area contributed by atoms with Gasteiger partial charge < -0.3 is 10.1 Å². The minimum absolute atomic E-state index is 0.829. The molecule has 0 aliphatic carbocycles. The van der Waals surface area contributed by atoms with Gasteiger partial charge in [-0.25, -0.2) is 0 Å². The van der Waals surface area contributed by atoms with Crippen molar-refractivity contribution in [2.24, 2.45) is 0 Å². The molecule has 2 aromatic carbocycles. The van der Waals surface area contributed by atoms with Crippen LogP contribution < -0.4 is 10.1 Å². The Bertz CT molecular complexity index is 569. The van der Waals surface area contributed by atoms with E-state index in [4.69, 9.17) is 4.74 Å². The van der Waals surface area contributed by atoms with Crippen molar-refractivity contribution in [2.75, 3.05) is 6.54 Å². The van der Waals surface area contributed by atoms with Crippen molar-refractivity contribution in [3.05, 3.63) is 58.1 Å². The normalized spacial score (nSPS) is 10.6. The fourth-order valence-electron chi connectivity index (χ4n) is 1.99. The van der Waals surface area contributed by atoms with E-state index in [1.54, 1.807) is 0 Å².